The molecule has 110 valence electrons. The highest BCUT2D eigenvalue weighted by atomic mass is 35.5. The third-order valence-electron chi connectivity index (χ3n) is 2.88. The van der Waals surface area contributed by atoms with Gasteiger partial charge in [-0.3, -0.25) is 9.58 Å². The van der Waals surface area contributed by atoms with E-state index >= 15 is 0 Å². The Balaban J connectivity index is 2.91. The van der Waals surface area contributed by atoms with Crippen LogP contribution in [0.2, 0.25) is 5.02 Å². The van der Waals surface area contributed by atoms with Gasteiger partial charge in [0.2, 0.25) is 0 Å². The second-order valence-electron chi connectivity index (χ2n) is 4.23. The zero-order valence-corrected chi connectivity index (χ0v) is 12.0. The normalized spacial score (nSPS) is 11.8. The molecule has 4 nitrogen and oxygen atoms in total. The molecule has 0 saturated heterocycles. The molecule has 0 bridgehead atoms. The molecule has 0 radical (unpaired) electrons. The lowest BCUT2D eigenvalue weighted by molar-refractivity contribution is 0.0733. The van der Waals surface area contributed by atoms with Crippen LogP contribution in [0.5, 0.6) is 0 Å². The minimum absolute atomic E-state index is 0.161. The molecule has 1 aromatic heterocycles. The highest BCUT2D eigenvalue weighted by Crippen LogP contribution is 2.23. The summed E-state index contributed by atoms with van der Waals surface area (Å²) >= 11 is 6.23. The van der Waals surface area contributed by atoms with Crippen molar-refractivity contribution in [2.24, 2.45) is 0 Å². The molecule has 0 atom stereocenters. The first-order valence-corrected chi connectivity index (χ1v) is 6.76. The number of hydrogen-bond acceptors (Lipinski definition) is 3. The van der Waals surface area contributed by atoms with Crippen LogP contribution in [0.25, 0.3) is 0 Å². The molecule has 0 amide bonds. The van der Waals surface area contributed by atoms with E-state index in [-0.39, 0.29) is 26.2 Å². The van der Waals surface area contributed by atoms with Crippen LogP contribution in [0.15, 0.2) is 0 Å². The van der Waals surface area contributed by atoms with Crippen LogP contribution in [-0.4, -0.2) is 45.9 Å². The summed E-state index contributed by atoms with van der Waals surface area (Å²) in [6.07, 6.45) is -1.73. The van der Waals surface area contributed by atoms with Crippen molar-refractivity contribution in [3.8, 4) is 0 Å². The third-order valence-corrected chi connectivity index (χ3v) is 3.32. The molecular weight excluding hydrogens is 276 g/mol. The molecule has 7 heteroatoms. The maximum Gasteiger partial charge on any atom is 0.251 e. The van der Waals surface area contributed by atoms with Gasteiger partial charge in [-0.05, 0) is 13.3 Å². The Morgan fingerprint density at radius 3 is 2.58 bits per heavy atom. The van der Waals surface area contributed by atoms with Gasteiger partial charge in [-0.2, -0.15) is 5.10 Å². The van der Waals surface area contributed by atoms with E-state index in [2.05, 4.69) is 5.10 Å². The number of aryl methyl sites for hydroxylation is 2. The van der Waals surface area contributed by atoms with E-state index < -0.39 is 6.43 Å². The molecule has 1 heterocycles. The third kappa shape index (κ3) is 4.40. The number of nitrogens with zero attached hydrogens (tertiary/aromatic N) is 3. The lowest BCUT2D eigenvalue weighted by Crippen LogP contribution is -2.32. The minimum Gasteiger partial charge on any atom is -0.395 e. The van der Waals surface area contributed by atoms with Gasteiger partial charge in [-0.25, -0.2) is 8.78 Å². The summed E-state index contributed by atoms with van der Waals surface area (Å²) in [6, 6.07) is 0. The summed E-state index contributed by atoms with van der Waals surface area (Å²) in [4.78, 5) is 1.49. The second-order valence-corrected chi connectivity index (χ2v) is 4.60. The summed E-state index contributed by atoms with van der Waals surface area (Å²) in [5, 5.41) is 13.8. The van der Waals surface area contributed by atoms with Crippen molar-refractivity contribution in [3.63, 3.8) is 0 Å². The molecule has 0 spiro atoms. The van der Waals surface area contributed by atoms with E-state index in [0.717, 1.165) is 11.4 Å². The highest BCUT2D eigenvalue weighted by molar-refractivity contribution is 6.31. The average Bonchev–Trinajstić information content (AvgIpc) is 2.66. The highest BCUT2D eigenvalue weighted by Gasteiger charge is 2.19. The number of halogens is 3. The van der Waals surface area contributed by atoms with Crippen molar-refractivity contribution in [3.05, 3.63) is 16.4 Å². The topological polar surface area (TPSA) is 41.3 Å². The SMILES string of the molecule is CCc1nn(CC)c(CN(CCO)CC(F)F)c1Cl. The van der Waals surface area contributed by atoms with Crippen LogP contribution in [0.4, 0.5) is 8.78 Å². The number of aliphatic hydroxyl groups excluding tert-OH is 1. The molecule has 0 aliphatic carbocycles. The van der Waals surface area contributed by atoms with Gasteiger partial charge in [0.15, 0.2) is 0 Å². The fourth-order valence-corrected chi connectivity index (χ4v) is 2.28. The average molecular weight is 296 g/mol. The molecule has 0 fully saturated rings. The molecular formula is C12H20ClF2N3O. The summed E-state index contributed by atoms with van der Waals surface area (Å²) in [5.41, 5.74) is 1.51. The van der Waals surface area contributed by atoms with Crippen LogP contribution >= 0.6 is 11.6 Å². The van der Waals surface area contributed by atoms with Gasteiger partial charge in [0.1, 0.15) is 0 Å². The van der Waals surface area contributed by atoms with Gasteiger partial charge in [0.05, 0.1) is 29.6 Å². The molecule has 1 aromatic rings. The summed E-state index contributed by atoms with van der Waals surface area (Å²) in [5.74, 6) is 0. The molecule has 1 N–H and O–H groups in total. The minimum atomic E-state index is -2.44. The van der Waals surface area contributed by atoms with Crippen LogP contribution in [-0.2, 0) is 19.5 Å². The van der Waals surface area contributed by atoms with Gasteiger partial charge < -0.3 is 5.11 Å². The molecule has 0 aliphatic rings. The number of aromatic nitrogens is 2. The molecule has 0 aliphatic heterocycles. The van der Waals surface area contributed by atoms with E-state index in [1.165, 1.54) is 4.90 Å². The maximum absolute atomic E-state index is 12.5. The van der Waals surface area contributed by atoms with Crippen LogP contribution in [0.1, 0.15) is 25.2 Å². The van der Waals surface area contributed by atoms with Gasteiger partial charge >= 0.3 is 0 Å². The van der Waals surface area contributed by atoms with Crippen molar-refractivity contribution in [1.82, 2.24) is 14.7 Å². The van der Waals surface area contributed by atoms with E-state index in [1.54, 1.807) is 4.68 Å². The van der Waals surface area contributed by atoms with Crippen LogP contribution in [0, 0.1) is 0 Å². The van der Waals surface area contributed by atoms with E-state index in [4.69, 9.17) is 16.7 Å². The number of rotatable bonds is 8. The van der Waals surface area contributed by atoms with Gasteiger partial charge in [-0.1, -0.05) is 18.5 Å². The molecule has 0 saturated carbocycles. The number of alkyl halides is 2. The number of hydrogen-bond donors (Lipinski definition) is 1. The van der Waals surface area contributed by atoms with Gasteiger partial charge in [0, 0.05) is 19.6 Å². The monoisotopic (exact) mass is 295 g/mol. The smallest absolute Gasteiger partial charge is 0.251 e. The van der Waals surface area contributed by atoms with E-state index in [1.807, 2.05) is 13.8 Å². The van der Waals surface area contributed by atoms with Crippen molar-refractivity contribution in [1.29, 1.82) is 0 Å². The standard InChI is InChI=1S/C12H20ClF2N3O/c1-3-9-12(13)10(18(4-2)16-9)7-17(5-6-19)8-11(14)15/h11,19H,3-8H2,1-2H3. The second kappa shape index (κ2) is 7.77. The van der Waals surface area contributed by atoms with Crippen LogP contribution in [0.3, 0.4) is 0 Å². The molecule has 0 aromatic carbocycles. The lowest BCUT2D eigenvalue weighted by atomic mass is 10.3. The Labute approximate surface area is 117 Å². The zero-order chi connectivity index (χ0) is 14.4. The Morgan fingerprint density at radius 1 is 1.42 bits per heavy atom. The van der Waals surface area contributed by atoms with Crippen molar-refractivity contribution >= 4 is 11.6 Å². The van der Waals surface area contributed by atoms with E-state index in [0.29, 0.717) is 18.0 Å². The Bertz CT molecular complexity index is 399. The first-order valence-electron chi connectivity index (χ1n) is 6.38. The van der Waals surface area contributed by atoms with Crippen molar-refractivity contribution < 1.29 is 13.9 Å². The van der Waals surface area contributed by atoms with Gasteiger partial charge in [-0.15, -0.1) is 0 Å². The first kappa shape index (κ1) is 16.3. The fourth-order valence-electron chi connectivity index (χ4n) is 1.95. The lowest BCUT2D eigenvalue weighted by Gasteiger charge is -2.21. The molecule has 0 unspecified atom stereocenters. The quantitative estimate of drug-likeness (QED) is 0.799. The number of aliphatic hydroxyl groups is 1. The molecule has 19 heavy (non-hydrogen) atoms. The maximum atomic E-state index is 12.5. The Morgan fingerprint density at radius 2 is 2.11 bits per heavy atom. The van der Waals surface area contributed by atoms with Crippen LogP contribution < -0.4 is 0 Å². The largest absolute Gasteiger partial charge is 0.395 e. The van der Waals surface area contributed by atoms with Crippen molar-refractivity contribution in [2.75, 3.05) is 19.7 Å². The zero-order valence-electron chi connectivity index (χ0n) is 11.2. The molecule has 1 rings (SSSR count). The summed E-state index contributed by atoms with van der Waals surface area (Å²) < 4.78 is 26.7. The summed E-state index contributed by atoms with van der Waals surface area (Å²) in [6.45, 7) is 4.43. The Kier molecular flexibility index (Phi) is 6.68. The van der Waals surface area contributed by atoms with Gasteiger partial charge in [0.25, 0.3) is 6.43 Å². The summed E-state index contributed by atoms with van der Waals surface area (Å²) in [7, 11) is 0. The van der Waals surface area contributed by atoms with Crippen molar-refractivity contribution in [2.45, 2.75) is 39.8 Å². The Hall–Kier alpha value is -0.720. The van der Waals surface area contributed by atoms with E-state index in [9.17, 15) is 8.78 Å². The first-order chi connectivity index (χ1) is 9.03. The predicted octanol–water partition coefficient (Wildman–Crippen LogP) is 2.18. The fraction of sp³-hybridized carbons (Fsp3) is 0.750. The predicted molar refractivity (Wildman–Crippen MR) is 70.7 cm³/mol.